The molecule has 0 spiro atoms. The number of benzene rings is 4. The zero-order valence-electron chi connectivity index (χ0n) is 18.4. The topological polar surface area (TPSA) is 0 Å². The van der Waals surface area contributed by atoms with Crippen molar-refractivity contribution in [2.75, 3.05) is 6.16 Å². The molecule has 4 aromatic rings. The molecule has 32 heavy (non-hydrogen) atoms. The Morgan fingerprint density at radius 2 is 0.906 bits per heavy atom. The van der Waals surface area contributed by atoms with E-state index >= 15 is 0 Å². The molecule has 1 saturated carbocycles. The highest BCUT2D eigenvalue weighted by Crippen LogP contribution is 2.53. The molecule has 1 aliphatic carbocycles. The first-order chi connectivity index (χ1) is 15.9. The minimum absolute atomic E-state index is 0.341. The van der Waals surface area contributed by atoms with Gasteiger partial charge in [0.25, 0.3) is 0 Å². The van der Waals surface area contributed by atoms with E-state index in [9.17, 15) is 0 Å². The molecule has 5 rings (SSSR count). The first-order valence-corrected chi connectivity index (χ1v) is 14.6. The summed E-state index contributed by atoms with van der Waals surface area (Å²) in [5.41, 5.74) is 0.757. The molecule has 0 nitrogen and oxygen atoms in total. The van der Waals surface area contributed by atoms with Crippen LogP contribution in [0.5, 0.6) is 0 Å². The lowest BCUT2D eigenvalue weighted by molar-refractivity contribution is 0.630. The number of hydrogen-bond acceptors (Lipinski definition) is 0. The van der Waals surface area contributed by atoms with Crippen LogP contribution in [-0.4, -0.2) is 11.8 Å². The Balaban J connectivity index is 1.49. The van der Waals surface area contributed by atoms with Crippen molar-refractivity contribution >= 4 is 37.1 Å². The molecule has 0 heterocycles. The summed E-state index contributed by atoms with van der Waals surface area (Å²) in [6.07, 6.45) is 5.38. The second kappa shape index (κ2) is 10.6. The van der Waals surface area contributed by atoms with Gasteiger partial charge in [-0.05, 0) is 67.6 Å². The molecule has 0 aliphatic heterocycles. The highest BCUT2D eigenvalue weighted by Gasteiger charge is 2.36. The van der Waals surface area contributed by atoms with Gasteiger partial charge in [0.15, 0.2) is 0 Å². The number of hydrogen-bond donors (Lipinski definition) is 0. The normalized spacial score (nSPS) is 18.3. The Hall–Kier alpha value is -2.26. The van der Waals surface area contributed by atoms with Crippen LogP contribution in [0.1, 0.15) is 19.3 Å². The van der Waals surface area contributed by atoms with Crippen LogP contribution in [0.15, 0.2) is 121 Å². The fraction of sp³-hybridized carbons (Fsp3) is 0.200. The van der Waals surface area contributed by atoms with E-state index in [1.807, 2.05) is 0 Å². The van der Waals surface area contributed by atoms with Crippen LogP contribution in [0, 0.1) is 5.92 Å². The highest BCUT2D eigenvalue weighted by atomic mass is 31.1. The van der Waals surface area contributed by atoms with Crippen molar-refractivity contribution in [3.63, 3.8) is 0 Å². The minimum Gasteiger partial charge on any atom is -0.0622 e. The molecule has 160 valence electrons. The van der Waals surface area contributed by atoms with Crippen molar-refractivity contribution in [2.45, 2.75) is 24.9 Å². The largest absolute Gasteiger partial charge is 0.0622 e. The van der Waals surface area contributed by atoms with Gasteiger partial charge in [-0.15, -0.1) is 0 Å². The summed E-state index contributed by atoms with van der Waals surface area (Å²) in [5.74, 6) is 0.771. The lowest BCUT2D eigenvalue weighted by Gasteiger charge is -2.32. The molecule has 0 radical (unpaired) electrons. The Kier molecular flexibility index (Phi) is 7.13. The predicted molar refractivity (Wildman–Crippen MR) is 144 cm³/mol. The molecule has 4 aromatic carbocycles. The van der Waals surface area contributed by atoms with Gasteiger partial charge in [0.2, 0.25) is 0 Å². The second-order valence-electron chi connectivity index (χ2n) is 8.58. The average molecular weight is 453 g/mol. The zero-order valence-corrected chi connectivity index (χ0v) is 20.2. The van der Waals surface area contributed by atoms with Gasteiger partial charge in [-0.2, -0.15) is 0 Å². The molecule has 0 aromatic heterocycles. The van der Waals surface area contributed by atoms with E-state index in [1.54, 1.807) is 0 Å². The summed E-state index contributed by atoms with van der Waals surface area (Å²) >= 11 is 0. The van der Waals surface area contributed by atoms with Crippen molar-refractivity contribution in [3.05, 3.63) is 121 Å². The van der Waals surface area contributed by atoms with Crippen LogP contribution in [0.25, 0.3) is 0 Å². The molecule has 1 unspecified atom stereocenters. The minimum atomic E-state index is -0.349. The van der Waals surface area contributed by atoms with Crippen molar-refractivity contribution in [1.29, 1.82) is 0 Å². The molecular weight excluding hydrogens is 422 g/mol. The van der Waals surface area contributed by atoms with Gasteiger partial charge in [-0.25, -0.2) is 0 Å². The smallest absolute Gasteiger partial charge is 0.00969 e. The third-order valence-corrected chi connectivity index (χ3v) is 12.3. The highest BCUT2D eigenvalue weighted by molar-refractivity contribution is 7.74. The van der Waals surface area contributed by atoms with E-state index in [4.69, 9.17) is 0 Å². The third kappa shape index (κ3) is 4.88. The van der Waals surface area contributed by atoms with Crippen molar-refractivity contribution in [3.8, 4) is 0 Å². The van der Waals surface area contributed by atoms with Crippen LogP contribution in [-0.2, 0) is 0 Å². The van der Waals surface area contributed by atoms with E-state index in [0.29, 0.717) is 0 Å². The molecule has 0 saturated heterocycles. The Bertz CT molecular complexity index is 1000. The maximum Gasteiger partial charge on any atom is -0.00969 e. The maximum absolute atomic E-state index is 2.37. The van der Waals surface area contributed by atoms with Gasteiger partial charge in [-0.3, -0.25) is 0 Å². The lowest BCUT2D eigenvalue weighted by atomic mass is 10.1. The molecule has 0 N–H and O–H groups in total. The van der Waals surface area contributed by atoms with E-state index in [1.165, 1.54) is 46.6 Å². The fourth-order valence-corrected chi connectivity index (χ4v) is 11.1. The Labute approximate surface area is 195 Å². The summed E-state index contributed by atoms with van der Waals surface area (Å²) in [6.45, 7) is 0. The van der Waals surface area contributed by atoms with Crippen molar-refractivity contribution < 1.29 is 0 Å². The summed E-state index contributed by atoms with van der Waals surface area (Å²) < 4.78 is 0. The summed E-state index contributed by atoms with van der Waals surface area (Å²) in [4.78, 5) is 0. The quantitative estimate of drug-likeness (QED) is 0.284. The Morgan fingerprint density at radius 3 is 1.34 bits per heavy atom. The van der Waals surface area contributed by atoms with E-state index in [2.05, 4.69) is 121 Å². The van der Waals surface area contributed by atoms with E-state index < -0.39 is 0 Å². The van der Waals surface area contributed by atoms with Gasteiger partial charge in [0, 0.05) is 0 Å². The molecule has 2 heteroatoms. The van der Waals surface area contributed by atoms with E-state index in [-0.39, 0.29) is 15.8 Å². The van der Waals surface area contributed by atoms with Gasteiger partial charge in [0.1, 0.15) is 0 Å². The lowest BCUT2D eigenvalue weighted by Crippen LogP contribution is -2.28. The SMILES string of the molecule is c1ccc(P(C[C@H]2CCCC2P(c2ccccc2)c2ccccc2)c2ccccc2)cc1. The van der Waals surface area contributed by atoms with E-state index in [0.717, 1.165) is 11.6 Å². The first kappa shape index (κ1) is 21.6. The molecule has 0 bridgehead atoms. The van der Waals surface area contributed by atoms with Gasteiger partial charge >= 0.3 is 0 Å². The van der Waals surface area contributed by atoms with Crippen LogP contribution in [0.3, 0.4) is 0 Å². The molecule has 2 atom stereocenters. The monoisotopic (exact) mass is 452 g/mol. The van der Waals surface area contributed by atoms with Gasteiger partial charge < -0.3 is 0 Å². The Morgan fingerprint density at radius 1 is 0.500 bits per heavy atom. The summed E-state index contributed by atoms with van der Waals surface area (Å²) in [7, 11) is -0.690. The number of rotatable bonds is 7. The van der Waals surface area contributed by atoms with Crippen LogP contribution < -0.4 is 21.2 Å². The second-order valence-corrected chi connectivity index (χ2v) is 13.3. The summed E-state index contributed by atoms with van der Waals surface area (Å²) in [5, 5.41) is 6.11. The zero-order chi connectivity index (χ0) is 21.6. The predicted octanol–water partition coefficient (Wildman–Crippen LogP) is 6.42. The average Bonchev–Trinajstić information content (AvgIpc) is 3.33. The van der Waals surface area contributed by atoms with Crippen LogP contribution >= 0.6 is 15.8 Å². The molecule has 1 fully saturated rings. The standard InChI is InChI=1S/C30H30P2/c1-5-15-26(16-6-1)31(27-17-7-2-8-18-27)24-25-14-13-23-30(25)32(28-19-9-3-10-20-28)29-21-11-4-12-22-29/h1-12,15-22,25,30H,13-14,23-24H2/t25-,30?/m1/s1. The third-order valence-electron chi connectivity index (χ3n) is 6.57. The maximum atomic E-state index is 2.37. The van der Waals surface area contributed by atoms with Gasteiger partial charge in [-0.1, -0.05) is 128 Å². The van der Waals surface area contributed by atoms with Crippen molar-refractivity contribution in [1.82, 2.24) is 0 Å². The molecule has 1 aliphatic rings. The first-order valence-electron chi connectivity index (χ1n) is 11.7. The summed E-state index contributed by atoms with van der Waals surface area (Å²) in [6, 6.07) is 45.2. The van der Waals surface area contributed by atoms with Crippen LogP contribution in [0.4, 0.5) is 0 Å². The molecule has 0 amide bonds. The van der Waals surface area contributed by atoms with Crippen LogP contribution in [0.2, 0.25) is 0 Å². The fourth-order valence-electron chi connectivity index (χ4n) is 5.09. The van der Waals surface area contributed by atoms with Crippen molar-refractivity contribution in [2.24, 2.45) is 5.92 Å². The van der Waals surface area contributed by atoms with Gasteiger partial charge in [0.05, 0.1) is 0 Å². The molecular formula is C30H30P2.